The zero-order chi connectivity index (χ0) is 19.1. The van der Waals surface area contributed by atoms with Crippen LogP contribution in [0, 0.1) is 13.8 Å². The summed E-state index contributed by atoms with van der Waals surface area (Å²) in [6.45, 7) is 16.1. The summed E-state index contributed by atoms with van der Waals surface area (Å²) in [5.41, 5.74) is 8.67. The molecule has 3 rings (SSSR count). The molecule has 0 aliphatic carbocycles. The fourth-order valence-electron chi connectivity index (χ4n) is 4.86. The molecule has 1 heteroatoms. The van der Waals surface area contributed by atoms with Gasteiger partial charge in [0.2, 0.25) is 5.69 Å². The average Bonchev–Trinajstić information content (AvgIpc) is 2.83. The Bertz CT molecular complexity index is 814. The van der Waals surface area contributed by atoms with Crippen molar-refractivity contribution >= 4 is 11.9 Å². The van der Waals surface area contributed by atoms with Gasteiger partial charge < -0.3 is 0 Å². The van der Waals surface area contributed by atoms with Gasteiger partial charge in [-0.05, 0) is 39.2 Å². The maximum Gasteiger partial charge on any atom is 0.211 e. The van der Waals surface area contributed by atoms with E-state index < -0.39 is 0 Å². The van der Waals surface area contributed by atoms with Gasteiger partial charge in [-0.2, -0.15) is 4.58 Å². The lowest BCUT2D eigenvalue weighted by atomic mass is 9.76. The number of rotatable bonds is 4. The molecule has 0 radical (unpaired) electrons. The lowest BCUT2D eigenvalue weighted by Crippen LogP contribution is -2.31. The molecular formula is C25H34N+. The highest BCUT2D eigenvalue weighted by molar-refractivity contribution is 5.73. The van der Waals surface area contributed by atoms with E-state index in [2.05, 4.69) is 95.7 Å². The smallest absolute Gasteiger partial charge is 0.197 e. The largest absolute Gasteiger partial charge is 0.211 e. The first-order valence-electron chi connectivity index (χ1n) is 10.0. The van der Waals surface area contributed by atoms with E-state index in [-0.39, 0.29) is 11.0 Å². The highest BCUT2D eigenvalue weighted by Gasteiger charge is 2.50. The summed E-state index contributed by atoms with van der Waals surface area (Å²) in [7, 11) is 0. The van der Waals surface area contributed by atoms with Gasteiger partial charge in [-0.3, -0.25) is 0 Å². The highest BCUT2D eigenvalue weighted by atomic mass is 15.1. The monoisotopic (exact) mass is 348 g/mol. The van der Waals surface area contributed by atoms with Crippen molar-refractivity contribution in [2.75, 3.05) is 0 Å². The normalized spacial score (nSPS) is 21.7. The van der Waals surface area contributed by atoms with Crippen LogP contribution in [0.3, 0.4) is 0 Å². The maximum absolute atomic E-state index is 2.59. The van der Waals surface area contributed by atoms with Gasteiger partial charge in [0.15, 0.2) is 11.8 Å². The van der Waals surface area contributed by atoms with E-state index in [1.54, 1.807) is 0 Å². The first kappa shape index (κ1) is 18.9. The summed E-state index contributed by atoms with van der Waals surface area (Å²) in [6, 6.07) is 13.8. The van der Waals surface area contributed by atoms with E-state index in [1.807, 2.05) is 0 Å². The van der Waals surface area contributed by atoms with Crippen LogP contribution >= 0.6 is 0 Å². The van der Waals surface area contributed by atoms with Crippen LogP contribution in [0.1, 0.15) is 68.9 Å². The highest BCUT2D eigenvalue weighted by Crippen LogP contribution is 2.43. The van der Waals surface area contributed by atoms with Crippen molar-refractivity contribution in [3.63, 3.8) is 0 Å². The van der Waals surface area contributed by atoms with Crippen LogP contribution in [0.25, 0.3) is 0 Å². The Morgan fingerprint density at radius 1 is 0.885 bits per heavy atom. The van der Waals surface area contributed by atoms with Crippen molar-refractivity contribution in [3.05, 3.63) is 64.2 Å². The lowest BCUT2D eigenvalue weighted by molar-refractivity contribution is -0.512. The molecule has 1 heterocycles. The van der Waals surface area contributed by atoms with Crippen LogP contribution < -0.4 is 0 Å². The molecule has 0 spiro atoms. The predicted molar refractivity (Wildman–Crippen MR) is 113 cm³/mol. The predicted octanol–water partition coefficient (Wildman–Crippen LogP) is 6.28. The quantitative estimate of drug-likeness (QED) is 0.572. The van der Waals surface area contributed by atoms with Crippen molar-refractivity contribution in [3.8, 4) is 0 Å². The third kappa shape index (κ3) is 3.24. The number of aryl methyl sites for hydroxylation is 4. The molecule has 0 fully saturated rings. The Balaban J connectivity index is 2.20. The molecule has 2 aromatic rings. The van der Waals surface area contributed by atoms with Gasteiger partial charge in [0, 0.05) is 31.4 Å². The van der Waals surface area contributed by atoms with Crippen molar-refractivity contribution in [2.24, 2.45) is 0 Å². The van der Waals surface area contributed by atoms with Crippen LogP contribution in [-0.4, -0.2) is 16.3 Å². The van der Waals surface area contributed by atoms with Gasteiger partial charge >= 0.3 is 0 Å². The summed E-state index contributed by atoms with van der Waals surface area (Å²) in [5, 5.41) is 0. The van der Waals surface area contributed by atoms with E-state index in [4.69, 9.17) is 0 Å². The lowest BCUT2D eigenvalue weighted by Gasteiger charge is -2.23. The molecule has 0 saturated carbocycles. The van der Waals surface area contributed by atoms with E-state index >= 15 is 0 Å². The molecule has 1 atom stereocenters. The fourth-order valence-corrected chi connectivity index (χ4v) is 4.86. The van der Waals surface area contributed by atoms with E-state index in [0.29, 0.717) is 0 Å². The average molecular weight is 349 g/mol. The molecule has 0 aromatic heterocycles. The summed E-state index contributed by atoms with van der Waals surface area (Å²) in [6.07, 6.45) is 5.78. The van der Waals surface area contributed by atoms with Crippen LogP contribution in [0.5, 0.6) is 0 Å². The molecule has 0 saturated heterocycles. The second-order valence-electron chi connectivity index (χ2n) is 8.91. The molecule has 26 heavy (non-hydrogen) atoms. The van der Waals surface area contributed by atoms with Gasteiger partial charge in [-0.25, -0.2) is 0 Å². The third-order valence-electron chi connectivity index (χ3n) is 5.95. The summed E-state index contributed by atoms with van der Waals surface area (Å²) < 4.78 is 2.59. The summed E-state index contributed by atoms with van der Waals surface area (Å²) in [4.78, 5) is 0. The fraction of sp³-hybridized carbons (Fsp3) is 0.480. The van der Waals surface area contributed by atoms with Crippen LogP contribution in [0.2, 0.25) is 0 Å². The number of nitrogens with zero attached hydrogens (tertiary/aromatic N) is 1. The molecule has 0 bridgehead atoms. The molecule has 1 aliphatic heterocycles. The number of para-hydroxylation sites is 1. The van der Waals surface area contributed by atoms with Gasteiger partial charge in [0.1, 0.15) is 0 Å². The minimum Gasteiger partial charge on any atom is -0.197 e. The van der Waals surface area contributed by atoms with E-state index in [0.717, 1.165) is 19.3 Å². The SMILES string of the molecule is CCc1cccc(CC)c1[N+]1=CC(C)(c2cc(C)cc(C)c2)CC1(C)C. The topological polar surface area (TPSA) is 3.01 Å². The van der Waals surface area contributed by atoms with Crippen LogP contribution in [0.4, 0.5) is 5.69 Å². The Morgan fingerprint density at radius 3 is 1.92 bits per heavy atom. The molecule has 1 unspecified atom stereocenters. The van der Waals surface area contributed by atoms with Crippen LogP contribution in [0.15, 0.2) is 36.4 Å². The zero-order valence-electron chi connectivity index (χ0n) is 17.6. The van der Waals surface area contributed by atoms with Gasteiger partial charge in [0.05, 0.1) is 5.41 Å². The molecule has 0 N–H and O–H groups in total. The first-order chi connectivity index (χ1) is 12.2. The molecule has 0 amide bonds. The summed E-state index contributed by atoms with van der Waals surface area (Å²) in [5.74, 6) is 0. The number of hydrogen-bond acceptors (Lipinski definition) is 0. The molecule has 138 valence electrons. The first-order valence-corrected chi connectivity index (χ1v) is 10.0. The maximum atomic E-state index is 2.59. The Hall–Kier alpha value is -1.89. The van der Waals surface area contributed by atoms with Crippen molar-refractivity contribution in [1.82, 2.24) is 0 Å². The molecule has 1 nitrogen and oxygen atoms in total. The Labute approximate surface area is 159 Å². The van der Waals surface area contributed by atoms with Crippen molar-refractivity contribution < 1.29 is 4.58 Å². The van der Waals surface area contributed by atoms with Crippen LogP contribution in [-0.2, 0) is 18.3 Å². The number of hydrogen-bond donors (Lipinski definition) is 0. The second-order valence-corrected chi connectivity index (χ2v) is 8.91. The standard InChI is InChI=1S/C25H34N/c1-8-20-11-10-12-21(9-2)23(20)26-17-25(7,16-24(26,5)6)22-14-18(3)13-19(4)15-22/h10-15,17H,8-9,16H2,1-7H3/q+1. The van der Waals surface area contributed by atoms with Gasteiger partial charge in [0.25, 0.3) is 0 Å². The Morgan fingerprint density at radius 2 is 1.42 bits per heavy atom. The number of benzene rings is 2. The van der Waals surface area contributed by atoms with Gasteiger partial charge in [-0.15, -0.1) is 0 Å². The zero-order valence-corrected chi connectivity index (χ0v) is 17.6. The van der Waals surface area contributed by atoms with Crippen molar-refractivity contribution in [1.29, 1.82) is 0 Å². The molecule has 1 aliphatic rings. The van der Waals surface area contributed by atoms with E-state index in [1.165, 1.54) is 33.5 Å². The summed E-state index contributed by atoms with van der Waals surface area (Å²) >= 11 is 0. The van der Waals surface area contributed by atoms with Crippen molar-refractivity contribution in [2.45, 2.75) is 78.7 Å². The minimum atomic E-state index is 0.0617. The minimum absolute atomic E-state index is 0.0617. The Kier molecular flexibility index (Phi) is 4.86. The molecular weight excluding hydrogens is 314 g/mol. The molecule has 2 aromatic carbocycles. The second kappa shape index (κ2) is 6.68. The third-order valence-corrected chi connectivity index (χ3v) is 5.95. The van der Waals surface area contributed by atoms with E-state index in [9.17, 15) is 0 Å². The van der Waals surface area contributed by atoms with Gasteiger partial charge in [-0.1, -0.05) is 61.4 Å².